The SMILES string of the molecule is CC(=O)O.CN(CC(CC=O)c1ccc(Cl)c(Cl)c1)C(=O)c1cc(C#N)cc2ccccc12. The molecule has 8 heteroatoms. The summed E-state index contributed by atoms with van der Waals surface area (Å²) in [4.78, 5) is 35.0. The fourth-order valence-corrected chi connectivity index (χ4v) is 3.68. The van der Waals surface area contributed by atoms with Crippen molar-refractivity contribution in [3.63, 3.8) is 0 Å². The number of carbonyl (C=O) groups excluding carboxylic acids is 2. The van der Waals surface area contributed by atoms with Crippen molar-refractivity contribution in [1.82, 2.24) is 4.90 Å². The molecule has 0 saturated carbocycles. The molecule has 1 N–H and O–H groups in total. The van der Waals surface area contributed by atoms with Gasteiger partial charge in [-0.05, 0) is 40.6 Å². The molecule has 1 unspecified atom stereocenters. The molecular weight excluding hydrogens is 463 g/mol. The van der Waals surface area contributed by atoms with Gasteiger partial charge in [0.2, 0.25) is 0 Å². The summed E-state index contributed by atoms with van der Waals surface area (Å²) in [7, 11) is 1.69. The molecule has 3 aromatic rings. The van der Waals surface area contributed by atoms with Crippen molar-refractivity contribution in [2.45, 2.75) is 19.3 Å². The molecular formula is C25H22Cl2N2O4. The third kappa shape index (κ3) is 7.04. The molecule has 0 aliphatic carbocycles. The molecule has 170 valence electrons. The van der Waals surface area contributed by atoms with E-state index in [0.717, 1.165) is 29.5 Å². The van der Waals surface area contributed by atoms with Crippen molar-refractivity contribution in [2.75, 3.05) is 13.6 Å². The molecule has 0 heterocycles. The van der Waals surface area contributed by atoms with Gasteiger partial charge in [-0.3, -0.25) is 9.59 Å². The maximum atomic E-state index is 13.2. The van der Waals surface area contributed by atoms with E-state index in [9.17, 15) is 14.9 Å². The lowest BCUT2D eigenvalue weighted by Gasteiger charge is -2.24. The number of rotatable bonds is 6. The second kappa shape index (κ2) is 12.0. The standard InChI is InChI=1S/C23H18Cl2N2O2.C2H4O2/c1-27(14-18(8-9-28)16-6-7-21(24)22(25)12-16)23(29)20-11-15(13-26)10-17-4-2-3-5-19(17)20;1-2(3)4/h2-7,9-12,18H,8,14H2,1H3;1H3,(H,3,4). The van der Waals surface area contributed by atoms with Gasteiger partial charge >= 0.3 is 0 Å². The fraction of sp³-hybridized carbons (Fsp3) is 0.200. The van der Waals surface area contributed by atoms with Crippen LogP contribution in [-0.2, 0) is 9.59 Å². The summed E-state index contributed by atoms with van der Waals surface area (Å²) < 4.78 is 0. The van der Waals surface area contributed by atoms with Gasteiger partial charge in [0.25, 0.3) is 11.9 Å². The number of aliphatic carboxylic acids is 1. The van der Waals surface area contributed by atoms with E-state index in [0.29, 0.717) is 27.7 Å². The van der Waals surface area contributed by atoms with E-state index >= 15 is 0 Å². The van der Waals surface area contributed by atoms with Crippen molar-refractivity contribution in [3.8, 4) is 6.07 Å². The van der Waals surface area contributed by atoms with Crippen LogP contribution in [0.4, 0.5) is 0 Å². The number of carbonyl (C=O) groups is 3. The number of fused-ring (bicyclic) bond motifs is 1. The normalized spacial score (nSPS) is 11.0. The van der Waals surface area contributed by atoms with E-state index in [1.54, 1.807) is 36.2 Å². The lowest BCUT2D eigenvalue weighted by molar-refractivity contribution is -0.134. The lowest BCUT2D eigenvalue weighted by atomic mass is 9.95. The number of aldehydes is 1. The summed E-state index contributed by atoms with van der Waals surface area (Å²) in [6.07, 6.45) is 1.08. The van der Waals surface area contributed by atoms with E-state index in [1.165, 1.54) is 0 Å². The van der Waals surface area contributed by atoms with E-state index < -0.39 is 5.97 Å². The first-order valence-electron chi connectivity index (χ1n) is 9.94. The number of carboxylic acids is 1. The number of hydrogen-bond acceptors (Lipinski definition) is 4. The molecule has 0 aliphatic rings. The summed E-state index contributed by atoms with van der Waals surface area (Å²) in [5.74, 6) is -1.27. The van der Waals surface area contributed by atoms with Crippen LogP contribution in [0, 0.1) is 11.3 Å². The Morgan fingerprint density at radius 1 is 1.12 bits per heavy atom. The third-order valence-electron chi connectivity index (χ3n) is 4.86. The second-order valence-electron chi connectivity index (χ2n) is 7.33. The molecule has 0 fully saturated rings. The summed E-state index contributed by atoms with van der Waals surface area (Å²) in [5.41, 5.74) is 1.72. The maximum absolute atomic E-state index is 13.2. The first kappa shape index (κ1) is 25.9. The maximum Gasteiger partial charge on any atom is 0.300 e. The van der Waals surface area contributed by atoms with Gasteiger partial charge in [0.15, 0.2) is 0 Å². The molecule has 0 radical (unpaired) electrons. The van der Waals surface area contributed by atoms with Gasteiger partial charge in [0, 0.05) is 38.4 Å². The number of nitrogens with zero attached hydrogens (tertiary/aromatic N) is 2. The number of hydrogen-bond donors (Lipinski definition) is 1. The van der Waals surface area contributed by atoms with Crippen LogP contribution in [0.2, 0.25) is 10.0 Å². The van der Waals surface area contributed by atoms with Gasteiger partial charge in [0.05, 0.1) is 21.7 Å². The largest absolute Gasteiger partial charge is 0.481 e. The molecule has 33 heavy (non-hydrogen) atoms. The molecule has 1 amide bonds. The van der Waals surface area contributed by atoms with Crippen LogP contribution < -0.4 is 0 Å². The lowest BCUT2D eigenvalue weighted by Crippen LogP contribution is -2.31. The summed E-state index contributed by atoms with van der Waals surface area (Å²) in [6.45, 7) is 1.40. The van der Waals surface area contributed by atoms with Gasteiger partial charge in [-0.1, -0.05) is 53.5 Å². The van der Waals surface area contributed by atoms with E-state index in [4.69, 9.17) is 33.1 Å². The minimum absolute atomic E-state index is 0.214. The van der Waals surface area contributed by atoms with Crippen LogP contribution in [0.25, 0.3) is 10.8 Å². The minimum Gasteiger partial charge on any atom is -0.481 e. The fourth-order valence-electron chi connectivity index (χ4n) is 3.37. The molecule has 0 aliphatic heterocycles. The molecule has 3 rings (SSSR count). The number of nitriles is 1. The molecule has 6 nitrogen and oxygen atoms in total. The van der Waals surface area contributed by atoms with Crippen molar-refractivity contribution in [2.24, 2.45) is 0 Å². The van der Waals surface area contributed by atoms with Crippen LogP contribution in [0.5, 0.6) is 0 Å². The van der Waals surface area contributed by atoms with Crippen molar-refractivity contribution >= 4 is 52.1 Å². The number of carboxylic acid groups (broad SMARTS) is 1. The van der Waals surface area contributed by atoms with Crippen molar-refractivity contribution < 1.29 is 19.5 Å². The highest BCUT2D eigenvalue weighted by Crippen LogP contribution is 2.29. The van der Waals surface area contributed by atoms with E-state index in [-0.39, 0.29) is 18.2 Å². The van der Waals surface area contributed by atoms with Crippen LogP contribution in [0.15, 0.2) is 54.6 Å². The third-order valence-corrected chi connectivity index (χ3v) is 5.60. The predicted octanol–water partition coefficient (Wildman–Crippen LogP) is 5.55. The number of benzene rings is 3. The van der Waals surface area contributed by atoms with Gasteiger partial charge in [-0.2, -0.15) is 5.26 Å². The Morgan fingerprint density at radius 3 is 2.39 bits per heavy atom. The highest BCUT2D eigenvalue weighted by atomic mass is 35.5. The summed E-state index contributed by atoms with van der Waals surface area (Å²) >= 11 is 12.1. The molecule has 3 aromatic carbocycles. The Morgan fingerprint density at radius 2 is 1.79 bits per heavy atom. The summed E-state index contributed by atoms with van der Waals surface area (Å²) in [6, 6.07) is 18.2. The predicted molar refractivity (Wildman–Crippen MR) is 129 cm³/mol. The Kier molecular flexibility index (Phi) is 9.41. The average molecular weight is 485 g/mol. The monoisotopic (exact) mass is 484 g/mol. The van der Waals surface area contributed by atoms with E-state index in [1.807, 2.05) is 30.3 Å². The zero-order valence-electron chi connectivity index (χ0n) is 18.1. The van der Waals surface area contributed by atoms with Crippen LogP contribution in [0.1, 0.15) is 40.7 Å². The highest BCUT2D eigenvalue weighted by molar-refractivity contribution is 6.42. The Labute approximate surface area is 201 Å². The first-order valence-corrected chi connectivity index (χ1v) is 10.7. The van der Waals surface area contributed by atoms with Gasteiger partial charge < -0.3 is 14.8 Å². The van der Waals surface area contributed by atoms with Gasteiger partial charge in [-0.25, -0.2) is 0 Å². The number of amides is 1. The first-order chi connectivity index (χ1) is 15.7. The van der Waals surface area contributed by atoms with Crippen molar-refractivity contribution in [1.29, 1.82) is 5.26 Å². The quantitative estimate of drug-likeness (QED) is 0.462. The molecule has 0 aromatic heterocycles. The van der Waals surface area contributed by atoms with E-state index in [2.05, 4.69) is 6.07 Å². The molecule has 0 bridgehead atoms. The van der Waals surface area contributed by atoms with Gasteiger partial charge in [-0.15, -0.1) is 0 Å². The second-order valence-corrected chi connectivity index (χ2v) is 8.15. The van der Waals surface area contributed by atoms with Gasteiger partial charge in [0.1, 0.15) is 6.29 Å². The number of likely N-dealkylation sites (N-methyl/N-ethyl adjacent to an activating group) is 1. The Balaban J connectivity index is 0.000000890. The molecule has 1 atom stereocenters. The highest BCUT2D eigenvalue weighted by Gasteiger charge is 2.21. The zero-order chi connectivity index (χ0) is 24.5. The summed E-state index contributed by atoms with van der Waals surface area (Å²) in [5, 5.41) is 19.2. The minimum atomic E-state index is -0.833. The van der Waals surface area contributed by atoms with Crippen LogP contribution in [-0.4, -0.2) is 41.8 Å². The molecule has 0 saturated heterocycles. The van der Waals surface area contributed by atoms with Crippen LogP contribution >= 0.6 is 23.2 Å². The van der Waals surface area contributed by atoms with Crippen LogP contribution in [0.3, 0.4) is 0 Å². The number of halogens is 2. The molecule has 0 spiro atoms. The average Bonchev–Trinajstić information content (AvgIpc) is 2.78. The van der Waals surface area contributed by atoms with Crippen molar-refractivity contribution in [3.05, 3.63) is 81.3 Å². The Bertz CT molecular complexity index is 1220. The smallest absolute Gasteiger partial charge is 0.300 e. The topological polar surface area (TPSA) is 98.5 Å². The Hall–Kier alpha value is -3.40. The zero-order valence-corrected chi connectivity index (χ0v) is 19.6.